The summed E-state index contributed by atoms with van der Waals surface area (Å²) in [6.07, 6.45) is 5.76. The fourth-order valence-electron chi connectivity index (χ4n) is 1.06. The second-order valence-electron chi connectivity index (χ2n) is 3.78. The molecule has 0 spiro atoms. The summed E-state index contributed by atoms with van der Waals surface area (Å²) in [7, 11) is 0. The molecule has 0 bridgehead atoms. The fraction of sp³-hybridized carbons (Fsp3) is 0.364. The molecule has 3 N–H and O–H groups in total. The van der Waals surface area contributed by atoms with Gasteiger partial charge in [-0.3, -0.25) is 4.98 Å². The first kappa shape index (κ1) is 11.4. The van der Waals surface area contributed by atoms with Crippen LogP contribution in [-0.2, 0) is 0 Å². The van der Waals surface area contributed by atoms with Gasteiger partial charge >= 0.3 is 5.76 Å². The minimum atomic E-state index is -0.528. The van der Waals surface area contributed by atoms with Gasteiger partial charge in [-0.2, -0.15) is 0 Å². The van der Waals surface area contributed by atoms with Crippen LogP contribution >= 0.6 is 0 Å². The van der Waals surface area contributed by atoms with Crippen molar-refractivity contribution in [2.45, 2.75) is 20.8 Å². The van der Waals surface area contributed by atoms with Crippen molar-refractivity contribution in [3.63, 3.8) is 0 Å². The van der Waals surface area contributed by atoms with Crippen molar-refractivity contribution < 1.29 is 4.42 Å². The molecule has 82 valence electrons. The zero-order valence-electron chi connectivity index (χ0n) is 9.20. The highest BCUT2D eigenvalue weighted by Crippen LogP contribution is 2.12. The normalized spacial score (nSPS) is 12.9. The molecule has 0 aliphatic heterocycles. The molecule has 15 heavy (non-hydrogen) atoms. The molecule has 1 heterocycles. The summed E-state index contributed by atoms with van der Waals surface area (Å²) in [5.74, 6) is 0.603. The van der Waals surface area contributed by atoms with E-state index < -0.39 is 5.76 Å². The minimum absolute atomic E-state index is 0.261. The van der Waals surface area contributed by atoms with Gasteiger partial charge in [0.2, 0.25) is 0 Å². The van der Waals surface area contributed by atoms with Crippen LogP contribution in [0.25, 0.3) is 6.08 Å². The number of H-pyrrole nitrogens is 1. The van der Waals surface area contributed by atoms with E-state index in [1.807, 2.05) is 13.0 Å². The van der Waals surface area contributed by atoms with Crippen LogP contribution in [0.5, 0.6) is 0 Å². The third kappa shape index (κ3) is 3.50. The Bertz CT molecular complexity index is 436. The number of hydrogen-bond acceptors (Lipinski definition) is 3. The number of aromatic nitrogens is 1. The predicted molar refractivity (Wildman–Crippen MR) is 61.4 cm³/mol. The van der Waals surface area contributed by atoms with Crippen molar-refractivity contribution in [2.24, 2.45) is 5.92 Å². The predicted octanol–water partition coefficient (Wildman–Crippen LogP) is 2.17. The lowest BCUT2D eigenvalue weighted by Crippen LogP contribution is -1.96. The molecular weight excluding hydrogens is 192 g/mol. The summed E-state index contributed by atoms with van der Waals surface area (Å²) >= 11 is 0. The van der Waals surface area contributed by atoms with Crippen LogP contribution < -0.4 is 11.5 Å². The summed E-state index contributed by atoms with van der Waals surface area (Å²) in [4.78, 5) is 13.2. The van der Waals surface area contributed by atoms with Gasteiger partial charge < -0.3 is 10.2 Å². The second-order valence-corrected chi connectivity index (χ2v) is 3.78. The third-order valence-electron chi connectivity index (χ3n) is 1.81. The Morgan fingerprint density at radius 1 is 1.53 bits per heavy atom. The number of anilines is 1. The van der Waals surface area contributed by atoms with Gasteiger partial charge in [0.1, 0.15) is 5.82 Å². The van der Waals surface area contributed by atoms with Gasteiger partial charge in [-0.25, -0.2) is 4.79 Å². The molecule has 0 radical (unpaired) electrons. The Morgan fingerprint density at radius 2 is 2.20 bits per heavy atom. The van der Waals surface area contributed by atoms with Crippen LogP contribution in [0.3, 0.4) is 0 Å². The molecular formula is C11H16N2O2. The maximum Gasteiger partial charge on any atom is 0.418 e. The first-order chi connectivity index (χ1) is 6.99. The van der Waals surface area contributed by atoms with Gasteiger partial charge in [-0.05, 0) is 24.5 Å². The van der Waals surface area contributed by atoms with E-state index in [1.165, 1.54) is 0 Å². The standard InChI is InChI=1S/C11H16N2O2/c1-7(2)4-5-8(3)6-9-10(12)13-11(14)15-9/h4-7H,12H2,1-3H3,(H,13,14)/b5-4-,8-6-. The maximum absolute atomic E-state index is 10.8. The Kier molecular flexibility index (Phi) is 3.55. The quantitative estimate of drug-likeness (QED) is 0.748. The van der Waals surface area contributed by atoms with E-state index in [0.717, 1.165) is 5.57 Å². The van der Waals surface area contributed by atoms with Crippen LogP contribution in [0, 0.1) is 5.92 Å². The molecule has 0 atom stereocenters. The van der Waals surface area contributed by atoms with E-state index in [0.29, 0.717) is 11.7 Å². The Morgan fingerprint density at radius 3 is 2.67 bits per heavy atom. The van der Waals surface area contributed by atoms with Gasteiger partial charge in [0.05, 0.1) is 0 Å². The number of nitrogen functional groups attached to an aromatic ring is 1. The molecule has 0 unspecified atom stereocenters. The number of nitrogens with one attached hydrogen (secondary N) is 1. The molecule has 0 saturated heterocycles. The number of nitrogens with two attached hydrogens (primary N) is 1. The zero-order valence-corrected chi connectivity index (χ0v) is 9.20. The van der Waals surface area contributed by atoms with Gasteiger partial charge in [-0.1, -0.05) is 26.0 Å². The van der Waals surface area contributed by atoms with E-state index in [4.69, 9.17) is 10.2 Å². The van der Waals surface area contributed by atoms with Crippen LogP contribution in [-0.4, -0.2) is 4.98 Å². The molecule has 0 fully saturated rings. The average molecular weight is 208 g/mol. The molecule has 1 aromatic rings. The highest BCUT2D eigenvalue weighted by atomic mass is 16.4. The van der Waals surface area contributed by atoms with Crippen molar-refractivity contribution in [3.8, 4) is 0 Å². The molecule has 0 amide bonds. The number of allylic oxidation sites excluding steroid dienone is 3. The molecule has 0 aromatic carbocycles. The SMILES string of the molecule is CC(/C=C\C(C)C)=C/c1oc(=O)[nH]c1N. The van der Waals surface area contributed by atoms with Gasteiger partial charge in [0.25, 0.3) is 0 Å². The number of hydrogen-bond donors (Lipinski definition) is 2. The number of rotatable bonds is 3. The first-order valence-electron chi connectivity index (χ1n) is 4.84. The molecule has 4 nitrogen and oxygen atoms in total. The summed E-state index contributed by atoms with van der Waals surface area (Å²) in [5, 5.41) is 0. The minimum Gasteiger partial charge on any atom is -0.406 e. The number of aromatic amines is 1. The van der Waals surface area contributed by atoms with Crippen molar-refractivity contribution in [1.29, 1.82) is 0 Å². The van der Waals surface area contributed by atoms with Crippen molar-refractivity contribution >= 4 is 11.9 Å². The molecule has 1 aromatic heterocycles. The van der Waals surface area contributed by atoms with Crippen molar-refractivity contribution in [2.75, 3.05) is 5.73 Å². The lowest BCUT2D eigenvalue weighted by Gasteiger charge is -1.94. The summed E-state index contributed by atoms with van der Waals surface area (Å²) in [6.45, 7) is 6.11. The molecule has 0 saturated carbocycles. The van der Waals surface area contributed by atoms with Crippen LogP contribution in [0.15, 0.2) is 26.9 Å². The maximum atomic E-state index is 10.8. The molecule has 4 heteroatoms. The summed E-state index contributed by atoms with van der Waals surface area (Å²) in [5.41, 5.74) is 6.51. The van der Waals surface area contributed by atoms with Crippen LogP contribution in [0.4, 0.5) is 5.82 Å². The van der Waals surface area contributed by atoms with Gasteiger partial charge in [-0.15, -0.1) is 0 Å². The smallest absolute Gasteiger partial charge is 0.406 e. The van der Waals surface area contributed by atoms with E-state index >= 15 is 0 Å². The Labute approximate surface area is 88.5 Å². The average Bonchev–Trinajstić information content (AvgIpc) is 2.42. The number of oxazole rings is 1. The van der Waals surface area contributed by atoms with Crippen LogP contribution in [0.2, 0.25) is 0 Å². The Balaban J connectivity index is 2.87. The highest BCUT2D eigenvalue weighted by Gasteiger charge is 2.02. The molecule has 0 aliphatic carbocycles. The molecule has 1 rings (SSSR count). The van der Waals surface area contributed by atoms with E-state index in [2.05, 4.69) is 24.9 Å². The lowest BCUT2D eigenvalue weighted by molar-refractivity contribution is 0.507. The topological polar surface area (TPSA) is 72.0 Å². The van der Waals surface area contributed by atoms with E-state index in [1.54, 1.807) is 6.08 Å². The van der Waals surface area contributed by atoms with Crippen molar-refractivity contribution in [1.82, 2.24) is 4.98 Å². The first-order valence-corrected chi connectivity index (χ1v) is 4.84. The summed E-state index contributed by atoms with van der Waals surface area (Å²) < 4.78 is 4.85. The monoisotopic (exact) mass is 208 g/mol. The molecule has 0 aliphatic rings. The van der Waals surface area contributed by atoms with Gasteiger partial charge in [0, 0.05) is 0 Å². The summed E-state index contributed by atoms with van der Waals surface area (Å²) in [6, 6.07) is 0. The fourth-order valence-corrected chi connectivity index (χ4v) is 1.06. The highest BCUT2D eigenvalue weighted by molar-refractivity contribution is 5.59. The largest absolute Gasteiger partial charge is 0.418 e. The van der Waals surface area contributed by atoms with Crippen molar-refractivity contribution in [3.05, 3.63) is 34.0 Å². The van der Waals surface area contributed by atoms with E-state index in [9.17, 15) is 4.79 Å². The van der Waals surface area contributed by atoms with Crippen LogP contribution in [0.1, 0.15) is 26.5 Å². The third-order valence-corrected chi connectivity index (χ3v) is 1.81. The Hall–Kier alpha value is -1.71. The lowest BCUT2D eigenvalue weighted by atomic mass is 10.1. The second kappa shape index (κ2) is 4.68. The van der Waals surface area contributed by atoms with E-state index in [-0.39, 0.29) is 5.82 Å². The zero-order chi connectivity index (χ0) is 11.4. The van der Waals surface area contributed by atoms with Gasteiger partial charge in [0.15, 0.2) is 5.76 Å².